The molecule has 1 saturated heterocycles. The van der Waals surface area contributed by atoms with Crippen molar-refractivity contribution in [1.82, 2.24) is 36.1 Å². The Labute approximate surface area is 402 Å². The third-order valence-electron chi connectivity index (χ3n) is 12.5. The van der Waals surface area contributed by atoms with Gasteiger partial charge in [0, 0.05) is 46.3 Å². The van der Waals surface area contributed by atoms with E-state index >= 15 is 0 Å². The van der Waals surface area contributed by atoms with E-state index in [4.69, 9.17) is 23.8 Å². The second kappa shape index (κ2) is 30.0. The van der Waals surface area contributed by atoms with Gasteiger partial charge in [-0.25, -0.2) is 0 Å². The Morgan fingerprint density at radius 1 is 0.806 bits per heavy atom. The average molecular weight is 948 g/mol. The van der Waals surface area contributed by atoms with E-state index in [1.807, 2.05) is 112 Å². The van der Waals surface area contributed by atoms with Crippen molar-refractivity contribution in [1.29, 1.82) is 0 Å². The molecule has 0 aromatic heterocycles. The summed E-state index contributed by atoms with van der Waals surface area (Å²) < 4.78 is 23.3. The fourth-order valence-electron chi connectivity index (χ4n) is 8.83. The number of likely N-dealkylation sites (tertiary alicyclic amines) is 1. The first-order valence-electron chi connectivity index (χ1n) is 24.3. The fraction of sp³-hybridized carbons (Fsp3) is 0.780. The Morgan fingerprint density at radius 3 is 1.99 bits per heavy atom. The molecule has 0 spiro atoms. The monoisotopic (exact) mass is 948 g/mol. The van der Waals surface area contributed by atoms with E-state index in [1.54, 1.807) is 30.9 Å². The minimum atomic E-state index is -0.880. The number of carbonyl (C=O) groups is 5. The van der Waals surface area contributed by atoms with Crippen LogP contribution in [-0.4, -0.2) is 174 Å². The van der Waals surface area contributed by atoms with Crippen molar-refractivity contribution in [3.8, 4) is 0 Å². The highest BCUT2D eigenvalue weighted by Gasteiger charge is 2.43. The molecule has 17 heteroatoms. The first-order valence-corrected chi connectivity index (χ1v) is 24.3. The summed E-state index contributed by atoms with van der Waals surface area (Å²) in [5.74, 6) is -2.30. The van der Waals surface area contributed by atoms with Crippen molar-refractivity contribution in [3.05, 3.63) is 35.9 Å². The maximum absolute atomic E-state index is 14.4. The molecular formula is C50H89N7O10. The van der Waals surface area contributed by atoms with Crippen molar-refractivity contribution in [2.45, 2.75) is 149 Å². The van der Waals surface area contributed by atoms with Gasteiger partial charge in [-0.05, 0) is 71.0 Å². The zero-order valence-electron chi connectivity index (χ0n) is 43.6. The van der Waals surface area contributed by atoms with Crippen LogP contribution in [0.5, 0.6) is 0 Å². The molecule has 1 aliphatic rings. The average Bonchev–Trinajstić information content (AvgIpc) is 3.76. The number of hydrogen-bond acceptors (Lipinski definition) is 12. The molecule has 5 amide bonds. The van der Waals surface area contributed by atoms with Crippen LogP contribution in [0, 0.1) is 23.7 Å². The molecule has 1 heterocycles. The first kappa shape index (κ1) is 59.4. The van der Waals surface area contributed by atoms with E-state index in [2.05, 4.69) is 21.4 Å². The Morgan fingerprint density at radius 2 is 1.43 bits per heavy atom. The summed E-state index contributed by atoms with van der Waals surface area (Å²) in [6.07, 6.45) is 0.974. The predicted molar refractivity (Wildman–Crippen MR) is 261 cm³/mol. The Kier molecular flexibility index (Phi) is 26.6. The Balaban J connectivity index is 2.16. The molecule has 0 bridgehead atoms. The molecule has 2 rings (SSSR count). The molecule has 4 N–H and O–H groups in total. The molecule has 0 radical (unpaired) electrons. The van der Waals surface area contributed by atoms with Gasteiger partial charge in [-0.3, -0.25) is 33.7 Å². The first-order chi connectivity index (χ1) is 31.6. The lowest BCUT2D eigenvalue weighted by Crippen LogP contribution is -2.59. The highest BCUT2D eigenvalue weighted by Crippen LogP contribution is 2.30. The topological polar surface area (TPSA) is 189 Å². The summed E-state index contributed by atoms with van der Waals surface area (Å²) in [6, 6.07) is 6.50. The molecule has 1 aliphatic heterocycles. The Hall–Kier alpha value is -3.71. The summed E-state index contributed by atoms with van der Waals surface area (Å²) in [5.41, 5.74) is 3.67. The second-order valence-electron chi connectivity index (χ2n) is 19.9. The third-order valence-corrected chi connectivity index (χ3v) is 12.5. The second-order valence-corrected chi connectivity index (χ2v) is 19.9. The number of ether oxygens (including phenoxy) is 4. The van der Waals surface area contributed by atoms with Crippen molar-refractivity contribution in [2.75, 3.05) is 81.5 Å². The van der Waals surface area contributed by atoms with Crippen LogP contribution in [-0.2, 0) is 54.2 Å². The van der Waals surface area contributed by atoms with Crippen molar-refractivity contribution >= 4 is 29.5 Å². The minimum Gasteiger partial charge on any atom is -0.379 e. The molecule has 67 heavy (non-hydrogen) atoms. The van der Waals surface area contributed by atoms with Crippen molar-refractivity contribution < 1.29 is 47.8 Å². The number of hydrogen-bond donors (Lipinski definition) is 4. The van der Waals surface area contributed by atoms with Gasteiger partial charge in [0.25, 0.3) is 0 Å². The van der Waals surface area contributed by atoms with Gasteiger partial charge in [-0.2, -0.15) is 5.48 Å². The molecule has 1 aromatic carbocycles. The normalized spacial score (nSPS) is 17.9. The van der Waals surface area contributed by atoms with Gasteiger partial charge < -0.3 is 44.7 Å². The van der Waals surface area contributed by atoms with Gasteiger partial charge in [-0.15, -0.1) is 0 Å². The number of rotatable bonds is 31. The highest BCUT2D eigenvalue weighted by atomic mass is 16.7. The summed E-state index contributed by atoms with van der Waals surface area (Å²) in [6.45, 7) is 22.1. The Bertz CT molecular complexity index is 1620. The van der Waals surface area contributed by atoms with E-state index < -0.39 is 48.3 Å². The van der Waals surface area contributed by atoms with Crippen LogP contribution in [0.25, 0.3) is 0 Å². The largest absolute Gasteiger partial charge is 0.379 e. The lowest BCUT2D eigenvalue weighted by atomic mass is 9.89. The smallest absolute Gasteiger partial charge is 0.245 e. The van der Waals surface area contributed by atoms with E-state index in [9.17, 15) is 24.0 Å². The molecule has 9 atom stereocenters. The SMILES string of the molecule is CC[C@H](C)[C@@H]([C@@H](CC(=O)N1CCC[C@H]1[C@H](OC)[C@@H](C)C(=O)N[C@@H](Cc1ccccc1)C(=O)NCCOCCOCCONC(C)(C)C)OC)N(C)C(=O)[C@@H](NC(=O)[C@H](C(C)C)N(C)C)C(C)C. The number of carbonyl (C=O) groups excluding carboxylic acids is 5. The van der Waals surface area contributed by atoms with Crippen LogP contribution < -0.4 is 21.4 Å². The third kappa shape index (κ3) is 19.7. The van der Waals surface area contributed by atoms with Crippen LogP contribution in [0.2, 0.25) is 0 Å². The number of nitrogens with one attached hydrogen (secondary N) is 4. The van der Waals surface area contributed by atoms with Gasteiger partial charge in [0.2, 0.25) is 29.5 Å². The van der Waals surface area contributed by atoms with Crippen LogP contribution >= 0.6 is 0 Å². The molecule has 0 saturated carbocycles. The summed E-state index contributed by atoms with van der Waals surface area (Å²) in [4.78, 5) is 80.7. The minimum absolute atomic E-state index is 0.00814. The van der Waals surface area contributed by atoms with Crippen LogP contribution in [0.4, 0.5) is 0 Å². The summed E-state index contributed by atoms with van der Waals surface area (Å²) >= 11 is 0. The fourth-order valence-corrected chi connectivity index (χ4v) is 8.83. The lowest BCUT2D eigenvalue weighted by Gasteiger charge is -2.41. The van der Waals surface area contributed by atoms with E-state index in [0.717, 1.165) is 12.0 Å². The van der Waals surface area contributed by atoms with E-state index in [0.29, 0.717) is 45.8 Å². The number of benzene rings is 1. The van der Waals surface area contributed by atoms with Crippen LogP contribution in [0.3, 0.4) is 0 Å². The number of amides is 5. The van der Waals surface area contributed by atoms with Crippen molar-refractivity contribution in [2.24, 2.45) is 23.7 Å². The predicted octanol–water partition coefficient (Wildman–Crippen LogP) is 3.83. The molecule has 17 nitrogen and oxygen atoms in total. The summed E-state index contributed by atoms with van der Waals surface area (Å²) in [5, 5.41) is 8.94. The van der Waals surface area contributed by atoms with Crippen molar-refractivity contribution in [3.63, 3.8) is 0 Å². The zero-order valence-corrected chi connectivity index (χ0v) is 43.6. The van der Waals surface area contributed by atoms with Gasteiger partial charge >= 0.3 is 0 Å². The van der Waals surface area contributed by atoms with Gasteiger partial charge in [0.15, 0.2) is 0 Å². The highest BCUT2D eigenvalue weighted by molar-refractivity contribution is 5.90. The molecule has 0 aliphatic carbocycles. The lowest BCUT2D eigenvalue weighted by molar-refractivity contribution is -0.148. The standard InChI is InChI=1S/C50H89N7O10/c1-16-35(6)44(56(13)49(62)42(33(2)3)53-48(61)43(34(4)5)55(11)12)40(63-14)32-41(58)57-25-20-23-39(57)45(64-15)36(7)46(59)52-38(31-37-21-18-17-19-22-37)47(60)51-24-26-65-27-28-66-29-30-67-54-50(8,9)10/h17-19,21-22,33-36,38-40,42-45,54H,16,20,23-32H2,1-15H3,(H,51,60)(H,52,59)(H,53,61)/t35-,36+,38-,39-,40+,42-,43-,44-,45+/m0/s1. The zero-order chi connectivity index (χ0) is 50.4. The number of hydroxylamine groups is 1. The summed E-state index contributed by atoms with van der Waals surface area (Å²) in [7, 11) is 8.53. The van der Waals surface area contributed by atoms with Gasteiger partial charge in [0.05, 0.1) is 75.7 Å². The van der Waals surface area contributed by atoms with E-state index in [1.165, 1.54) is 7.11 Å². The molecule has 384 valence electrons. The molecule has 0 unspecified atom stereocenters. The molecular weight excluding hydrogens is 859 g/mol. The quantitative estimate of drug-likeness (QED) is 0.0624. The van der Waals surface area contributed by atoms with Crippen LogP contribution in [0.1, 0.15) is 100 Å². The van der Waals surface area contributed by atoms with E-state index in [-0.39, 0.29) is 78.8 Å². The molecule has 1 aromatic rings. The number of methoxy groups -OCH3 is 2. The molecule has 1 fully saturated rings. The maximum atomic E-state index is 14.4. The van der Waals surface area contributed by atoms with Gasteiger partial charge in [-0.1, -0.05) is 85.2 Å². The maximum Gasteiger partial charge on any atom is 0.245 e. The van der Waals surface area contributed by atoms with Gasteiger partial charge in [0.1, 0.15) is 12.1 Å². The van der Waals surface area contributed by atoms with Crippen LogP contribution in [0.15, 0.2) is 30.3 Å². The number of nitrogens with zero attached hydrogens (tertiary/aromatic N) is 3. The number of likely N-dealkylation sites (N-methyl/N-ethyl adjacent to an activating group) is 2.